The van der Waals surface area contributed by atoms with Gasteiger partial charge in [-0.2, -0.15) is 0 Å². The first-order valence-electron chi connectivity index (χ1n) is 5.44. The maximum Gasteiger partial charge on any atom is 0.326 e. The minimum Gasteiger partial charge on any atom is -0.481 e. The van der Waals surface area contributed by atoms with E-state index in [1.54, 1.807) is 6.92 Å². The Labute approximate surface area is 103 Å². The number of likely N-dealkylation sites (tertiary alicyclic amines) is 1. The number of aliphatic carboxylic acids is 2. The predicted molar refractivity (Wildman–Crippen MR) is 59.0 cm³/mol. The number of hydrogen-bond acceptors (Lipinski definition) is 4. The van der Waals surface area contributed by atoms with Crippen molar-refractivity contribution in [2.24, 2.45) is 0 Å². The molecule has 2 unspecified atom stereocenters. The van der Waals surface area contributed by atoms with Gasteiger partial charge in [-0.3, -0.25) is 4.79 Å². The third-order valence-corrected chi connectivity index (χ3v) is 2.71. The fourth-order valence-electron chi connectivity index (χ4n) is 1.73. The van der Waals surface area contributed by atoms with E-state index in [-0.39, 0.29) is 6.54 Å². The van der Waals surface area contributed by atoms with E-state index in [0.717, 1.165) is 0 Å². The number of hydrogen-bond donors (Lipinski definition) is 4. The lowest BCUT2D eigenvalue weighted by Crippen LogP contribution is -2.48. The number of nitrogens with one attached hydrogen (secondary N) is 1. The molecule has 1 rings (SSSR count). The van der Waals surface area contributed by atoms with Gasteiger partial charge in [-0.05, 0) is 13.3 Å². The summed E-state index contributed by atoms with van der Waals surface area (Å²) in [5.41, 5.74) is -0.983. The molecule has 0 aliphatic carbocycles. The molecule has 1 aliphatic heterocycles. The standard InChI is InChI=1S/C10H16N2O6/c1-10(18)2-3-12(5-10)9(17)11-6(8(15)16)4-7(13)14/h6,18H,2-5H2,1H3,(H,11,17)(H,13,14)(H,15,16). The lowest BCUT2D eigenvalue weighted by molar-refractivity contribution is -0.145. The molecule has 18 heavy (non-hydrogen) atoms. The lowest BCUT2D eigenvalue weighted by Gasteiger charge is -2.21. The van der Waals surface area contributed by atoms with Crippen LogP contribution >= 0.6 is 0 Å². The zero-order chi connectivity index (χ0) is 13.9. The number of rotatable bonds is 4. The van der Waals surface area contributed by atoms with Crippen LogP contribution in [0.15, 0.2) is 0 Å². The largest absolute Gasteiger partial charge is 0.481 e. The molecule has 0 aromatic carbocycles. The summed E-state index contributed by atoms with van der Waals surface area (Å²) < 4.78 is 0. The molecule has 0 spiro atoms. The molecule has 102 valence electrons. The van der Waals surface area contributed by atoms with Crippen LogP contribution in [-0.2, 0) is 9.59 Å². The molecule has 0 aromatic rings. The van der Waals surface area contributed by atoms with Crippen LogP contribution in [0.3, 0.4) is 0 Å². The second-order valence-electron chi connectivity index (χ2n) is 4.61. The van der Waals surface area contributed by atoms with E-state index >= 15 is 0 Å². The van der Waals surface area contributed by atoms with E-state index in [0.29, 0.717) is 13.0 Å². The molecule has 0 radical (unpaired) electrons. The van der Waals surface area contributed by atoms with Gasteiger partial charge in [0.15, 0.2) is 0 Å². The molecule has 2 atom stereocenters. The third-order valence-electron chi connectivity index (χ3n) is 2.71. The highest BCUT2D eigenvalue weighted by atomic mass is 16.4. The average molecular weight is 260 g/mol. The van der Waals surface area contributed by atoms with Crippen LogP contribution in [0.1, 0.15) is 19.8 Å². The SMILES string of the molecule is CC1(O)CCN(C(=O)NC(CC(=O)O)C(=O)O)C1. The number of amides is 2. The van der Waals surface area contributed by atoms with Crippen molar-refractivity contribution in [3.05, 3.63) is 0 Å². The zero-order valence-electron chi connectivity index (χ0n) is 9.92. The van der Waals surface area contributed by atoms with Gasteiger partial charge in [0, 0.05) is 6.54 Å². The minimum atomic E-state index is -1.47. The van der Waals surface area contributed by atoms with Crippen LogP contribution in [0.4, 0.5) is 4.79 Å². The zero-order valence-corrected chi connectivity index (χ0v) is 9.92. The molecule has 0 aromatic heterocycles. The monoisotopic (exact) mass is 260 g/mol. The lowest BCUT2D eigenvalue weighted by atomic mass is 10.1. The van der Waals surface area contributed by atoms with Gasteiger partial charge in [-0.15, -0.1) is 0 Å². The van der Waals surface area contributed by atoms with Crippen molar-refractivity contribution in [1.82, 2.24) is 10.2 Å². The Morgan fingerprint density at radius 3 is 2.39 bits per heavy atom. The highest BCUT2D eigenvalue weighted by Crippen LogP contribution is 2.20. The Morgan fingerprint density at radius 1 is 1.39 bits per heavy atom. The van der Waals surface area contributed by atoms with Crippen molar-refractivity contribution in [1.29, 1.82) is 0 Å². The van der Waals surface area contributed by atoms with Crippen molar-refractivity contribution in [2.45, 2.75) is 31.4 Å². The van der Waals surface area contributed by atoms with Crippen molar-refractivity contribution in [3.63, 3.8) is 0 Å². The summed E-state index contributed by atoms with van der Waals surface area (Å²) >= 11 is 0. The Bertz CT molecular complexity index is 367. The second-order valence-corrected chi connectivity index (χ2v) is 4.61. The van der Waals surface area contributed by atoms with Gasteiger partial charge in [0.25, 0.3) is 0 Å². The number of β-amino-alcohol motifs (C(OH)–C–C–N with tert-alkyl or cyclic N) is 1. The molecule has 1 heterocycles. The predicted octanol–water partition coefficient (Wildman–Crippen LogP) is -0.919. The molecular formula is C10H16N2O6. The first-order valence-corrected chi connectivity index (χ1v) is 5.44. The molecule has 0 saturated carbocycles. The fourth-order valence-corrected chi connectivity index (χ4v) is 1.73. The van der Waals surface area contributed by atoms with Crippen LogP contribution in [0.5, 0.6) is 0 Å². The van der Waals surface area contributed by atoms with Crippen molar-refractivity contribution >= 4 is 18.0 Å². The Hall–Kier alpha value is -1.83. The maximum absolute atomic E-state index is 11.7. The molecule has 1 fully saturated rings. The third kappa shape index (κ3) is 3.88. The number of carbonyl (C=O) groups excluding carboxylic acids is 1. The average Bonchev–Trinajstić information content (AvgIpc) is 2.57. The van der Waals surface area contributed by atoms with Gasteiger partial charge in [-0.1, -0.05) is 0 Å². The summed E-state index contributed by atoms with van der Waals surface area (Å²) in [5.74, 6) is -2.71. The molecule has 1 saturated heterocycles. The first kappa shape index (κ1) is 14.2. The molecule has 1 aliphatic rings. The van der Waals surface area contributed by atoms with Crippen molar-refractivity contribution in [3.8, 4) is 0 Å². The van der Waals surface area contributed by atoms with E-state index in [1.807, 2.05) is 0 Å². The van der Waals surface area contributed by atoms with Crippen LogP contribution in [0, 0.1) is 0 Å². The fraction of sp³-hybridized carbons (Fsp3) is 0.700. The van der Waals surface area contributed by atoms with Crippen LogP contribution < -0.4 is 5.32 Å². The highest BCUT2D eigenvalue weighted by molar-refractivity contribution is 5.86. The number of carbonyl (C=O) groups is 3. The second kappa shape index (κ2) is 5.21. The van der Waals surface area contributed by atoms with Gasteiger partial charge in [0.2, 0.25) is 0 Å². The van der Waals surface area contributed by atoms with Crippen LogP contribution in [0.25, 0.3) is 0 Å². The van der Waals surface area contributed by atoms with Gasteiger partial charge in [0.05, 0.1) is 18.6 Å². The van der Waals surface area contributed by atoms with Gasteiger partial charge < -0.3 is 25.5 Å². The summed E-state index contributed by atoms with van der Waals surface area (Å²) in [6, 6.07) is -2.15. The van der Waals surface area contributed by atoms with E-state index in [1.165, 1.54) is 4.90 Å². The number of urea groups is 1. The van der Waals surface area contributed by atoms with Crippen LogP contribution in [0.2, 0.25) is 0 Å². The number of aliphatic hydroxyl groups is 1. The Morgan fingerprint density at radius 2 is 2.00 bits per heavy atom. The summed E-state index contributed by atoms with van der Waals surface area (Å²) in [5, 5.41) is 29.1. The summed E-state index contributed by atoms with van der Waals surface area (Å²) in [4.78, 5) is 34.2. The summed E-state index contributed by atoms with van der Waals surface area (Å²) in [6.45, 7) is 1.97. The van der Waals surface area contributed by atoms with E-state index in [2.05, 4.69) is 5.32 Å². The molecular weight excluding hydrogens is 244 g/mol. The van der Waals surface area contributed by atoms with Crippen LogP contribution in [-0.4, -0.2) is 62.9 Å². The molecule has 8 nitrogen and oxygen atoms in total. The number of carboxylic acid groups (broad SMARTS) is 2. The molecule has 2 amide bonds. The number of carboxylic acids is 2. The smallest absolute Gasteiger partial charge is 0.326 e. The van der Waals surface area contributed by atoms with E-state index < -0.39 is 36.0 Å². The number of nitrogens with zero attached hydrogens (tertiary/aromatic N) is 1. The summed E-state index contributed by atoms with van der Waals surface area (Å²) in [6.07, 6.45) is -0.289. The normalized spacial score (nSPS) is 24.7. The quantitative estimate of drug-likeness (QED) is 0.517. The van der Waals surface area contributed by atoms with E-state index in [9.17, 15) is 19.5 Å². The minimum absolute atomic E-state index is 0.0955. The first-order chi connectivity index (χ1) is 8.21. The van der Waals surface area contributed by atoms with Crippen molar-refractivity contribution in [2.75, 3.05) is 13.1 Å². The topological polar surface area (TPSA) is 127 Å². The Balaban J connectivity index is 2.57. The van der Waals surface area contributed by atoms with Gasteiger partial charge in [-0.25, -0.2) is 9.59 Å². The molecule has 0 bridgehead atoms. The molecule has 8 heteroatoms. The van der Waals surface area contributed by atoms with Gasteiger partial charge in [0.1, 0.15) is 6.04 Å². The highest BCUT2D eigenvalue weighted by Gasteiger charge is 2.35. The maximum atomic E-state index is 11.7. The molecule has 4 N–H and O–H groups in total. The van der Waals surface area contributed by atoms with E-state index in [4.69, 9.17) is 10.2 Å². The van der Waals surface area contributed by atoms with Gasteiger partial charge >= 0.3 is 18.0 Å². The van der Waals surface area contributed by atoms with Crippen molar-refractivity contribution < 1.29 is 29.7 Å². The Kier molecular flexibility index (Phi) is 4.12. The summed E-state index contributed by atoms with van der Waals surface area (Å²) in [7, 11) is 0.